The topological polar surface area (TPSA) is 12.9 Å². The first-order valence-corrected chi connectivity index (χ1v) is 6.43. The van der Waals surface area contributed by atoms with Crippen molar-refractivity contribution in [3.63, 3.8) is 0 Å². The minimum atomic E-state index is -0.225. The summed E-state index contributed by atoms with van der Waals surface area (Å²) in [6, 6.07) is 19.5. The van der Waals surface area contributed by atoms with E-state index in [0.717, 1.165) is 27.9 Å². The van der Waals surface area contributed by atoms with Gasteiger partial charge in [0.05, 0.1) is 0 Å². The Morgan fingerprint density at radius 1 is 0.952 bits per heavy atom. The summed E-state index contributed by atoms with van der Waals surface area (Å²) >= 11 is 0. The largest absolute Gasteiger partial charge is 0.304 e. The maximum atomic E-state index is 13.0. The van der Waals surface area contributed by atoms with E-state index in [1.807, 2.05) is 43.5 Å². The van der Waals surface area contributed by atoms with Crippen LogP contribution in [0.25, 0.3) is 22.4 Å². The smallest absolute Gasteiger partial charge is 0.123 e. The van der Waals surface area contributed by atoms with Crippen molar-refractivity contribution in [2.75, 3.05) is 0 Å². The molecule has 0 bridgehead atoms. The Kier molecular flexibility index (Phi) is 5.00. The van der Waals surface area contributed by atoms with E-state index in [2.05, 4.69) is 11.1 Å². The minimum Gasteiger partial charge on any atom is -0.304 e. The van der Waals surface area contributed by atoms with Crippen molar-refractivity contribution in [1.82, 2.24) is 4.98 Å². The number of hydrogen-bond donors (Lipinski definition) is 0. The first kappa shape index (κ1) is 15.6. The number of hydrogen-bond acceptors (Lipinski definition) is 1. The molecule has 0 atom stereocenters. The van der Waals surface area contributed by atoms with Gasteiger partial charge in [0.1, 0.15) is 5.82 Å². The van der Waals surface area contributed by atoms with Crippen molar-refractivity contribution < 1.29 is 24.5 Å². The van der Waals surface area contributed by atoms with Crippen LogP contribution < -0.4 is 0 Å². The van der Waals surface area contributed by atoms with Crippen LogP contribution in [-0.2, 0) is 20.1 Å². The van der Waals surface area contributed by atoms with Crippen molar-refractivity contribution in [3.05, 3.63) is 78.2 Å². The number of aromatic nitrogens is 1. The molecule has 0 aliphatic heterocycles. The molecule has 0 N–H and O–H groups in total. The number of rotatable bonds is 2. The molecule has 3 rings (SSSR count). The van der Waals surface area contributed by atoms with Gasteiger partial charge in [0.15, 0.2) is 0 Å². The first-order valence-electron chi connectivity index (χ1n) is 6.43. The number of aryl methyl sites for hydroxylation is 1. The molecule has 107 valence electrons. The van der Waals surface area contributed by atoms with Crippen LogP contribution in [0.2, 0.25) is 0 Å². The summed E-state index contributed by atoms with van der Waals surface area (Å²) in [7, 11) is 0. The first-order chi connectivity index (χ1) is 9.72. The second kappa shape index (κ2) is 6.75. The Bertz CT molecular complexity index is 660. The fourth-order valence-corrected chi connectivity index (χ4v) is 2.06. The maximum absolute atomic E-state index is 13.0. The van der Waals surface area contributed by atoms with Crippen LogP contribution in [0.3, 0.4) is 0 Å². The number of benzene rings is 2. The molecule has 0 saturated carbocycles. The van der Waals surface area contributed by atoms with E-state index in [4.69, 9.17) is 0 Å². The van der Waals surface area contributed by atoms with E-state index >= 15 is 0 Å². The molecule has 0 aliphatic rings. The molecular weight excluding hydrogens is 441 g/mol. The molecule has 0 unspecified atom stereocenters. The van der Waals surface area contributed by atoms with Crippen molar-refractivity contribution in [3.8, 4) is 22.4 Å². The maximum Gasteiger partial charge on any atom is 0.123 e. The van der Waals surface area contributed by atoms with Crippen LogP contribution in [0.15, 0.2) is 60.8 Å². The molecule has 1 heterocycles. The Morgan fingerprint density at radius 2 is 1.71 bits per heavy atom. The van der Waals surface area contributed by atoms with E-state index in [1.54, 1.807) is 12.1 Å². The quantitative estimate of drug-likeness (QED) is 0.514. The zero-order chi connectivity index (χ0) is 13.9. The molecule has 1 aromatic heterocycles. The summed E-state index contributed by atoms with van der Waals surface area (Å²) in [6.07, 6.45) is 1.84. The van der Waals surface area contributed by atoms with Gasteiger partial charge in [-0.25, -0.2) is 4.39 Å². The summed E-state index contributed by atoms with van der Waals surface area (Å²) < 4.78 is 13.0. The summed E-state index contributed by atoms with van der Waals surface area (Å²) in [5, 5.41) is 0. The number of halogens is 1. The molecule has 0 amide bonds. The number of pyridine rings is 1. The van der Waals surface area contributed by atoms with E-state index in [-0.39, 0.29) is 25.9 Å². The molecule has 1 radical (unpaired) electrons. The van der Waals surface area contributed by atoms with Gasteiger partial charge in [-0.15, -0.1) is 35.4 Å². The minimum absolute atomic E-state index is 0. The van der Waals surface area contributed by atoms with Crippen LogP contribution in [0.5, 0.6) is 0 Å². The average molecular weight is 455 g/mol. The van der Waals surface area contributed by atoms with Crippen LogP contribution in [0.4, 0.5) is 4.39 Å². The van der Waals surface area contributed by atoms with Crippen LogP contribution in [0, 0.1) is 18.8 Å². The summed E-state index contributed by atoms with van der Waals surface area (Å²) in [4.78, 5) is 4.41. The van der Waals surface area contributed by atoms with Crippen LogP contribution in [0.1, 0.15) is 5.56 Å². The average Bonchev–Trinajstić information content (AvgIpc) is 2.49. The van der Waals surface area contributed by atoms with E-state index < -0.39 is 0 Å². The molecule has 21 heavy (non-hydrogen) atoms. The van der Waals surface area contributed by atoms with Crippen molar-refractivity contribution in [2.45, 2.75) is 6.92 Å². The second-order valence-corrected chi connectivity index (χ2v) is 4.72. The van der Waals surface area contributed by atoms with Gasteiger partial charge >= 0.3 is 0 Å². The van der Waals surface area contributed by atoms with Crippen LogP contribution in [-0.4, -0.2) is 4.98 Å². The van der Waals surface area contributed by atoms with Crippen molar-refractivity contribution >= 4 is 0 Å². The molecule has 2 aromatic carbocycles. The monoisotopic (exact) mass is 455 g/mol. The van der Waals surface area contributed by atoms with E-state index in [0.29, 0.717) is 0 Å². The van der Waals surface area contributed by atoms with Crippen molar-refractivity contribution in [2.24, 2.45) is 0 Å². The molecular formula is C18H13FIrN-. The summed E-state index contributed by atoms with van der Waals surface area (Å²) in [6.45, 7) is 2.01. The Hall–Kier alpha value is -1.83. The van der Waals surface area contributed by atoms with Crippen molar-refractivity contribution in [1.29, 1.82) is 0 Å². The van der Waals surface area contributed by atoms with Crippen LogP contribution >= 0.6 is 0 Å². The zero-order valence-corrected chi connectivity index (χ0v) is 13.8. The normalized spacial score (nSPS) is 10.0. The molecule has 0 spiro atoms. The molecule has 0 saturated heterocycles. The third-order valence-corrected chi connectivity index (χ3v) is 3.17. The Morgan fingerprint density at radius 3 is 2.38 bits per heavy atom. The van der Waals surface area contributed by atoms with Gasteiger partial charge in [0, 0.05) is 26.3 Å². The van der Waals surface area contributed by atoms with Gasteiger partial charge in [-0.2, -0.15) is 0 Å². The van der Waals surface area contributed by atoms with Gasteiger partial charge in [0.25, 0.3) is 0 Å². The third-order valence-electron chi connectivity index (χ3n) is 3.17. The summed E-state index contributed by atoms with van der Waals surface area (Å²) in [5.41, 5.74) is 4.96. The van der Waals surface area contributed by atoms with Gasteiger partial charge in [0.2, 0.25) is 0 Å². The predicted octanol–water partition coefficient (Wildman–Crippen LogP) is 4.66. The fourth-order valence-electron chi connectivity index (χ4n) is 2.06. The molecule has 3 aromatic rings. The molecule has 3 heteroatoms. The van der Waals surface area contributed by atoms with Gasteiger partial charge < -0.3 is 4.98 Å². The Balaban J connectivity index is 0.00000161. The predicted molar refractivity (Wildman–Crippen MR) is 78.6 cm³/mol. The van der Waals surface area contributed by atoms with Gasteiger partial charge in [-0.05, 0) is 35.9 Å². The van der Waals surface area contributed by atoms with E-state index in [9.17, 15) is 4.39 Å². The summed E-state index contributed by atoms with van der Waals surface area (Å²) in [5.74, 6) is -0.225. The third kappa shape index (κ3) is 3.63. The molecule has 1 nitrogen and oxygen atoms in total. The fraction of sp³-hybridized carbons (Fsp3) is 0.0556. The SMILES string of the molecule is Cc1ccc(-c2[c-]ccc(-c3ccc(F)cc3)c2)nc1.[Ir]. The zero-order valence-electron chi connectivity index (χ0n) is 11.4. The molecule has 0 fully saturated rings. The second-order valence-electron chi connectivity index (χ2n) is 4.72. The standard InChI is InChI=1S/C18H13FN.Ir/c1-13-5-10-18(20-12-13)16-4-2-3-15(11-16)14-6-8-17(19)9-7-14;/h2-3,5-12H,1H3;/q-1;. The van der Waals surface area contributed by atoms with Gasteiger partial charge in [-0.1, -0.05) is 24.3 Å². The van der Waals surface area contributed by atoms with E-state index in [1.165, 1.54) is 12.1 Å². The molecule has 0 aliphatic carbocycles. The van der Waals surface area contributed by atoms with Gasteiger partial charge in [-0.3, -0.25) is 0 Å². The Labute approximate surface area is 137 Å². The number of nitrogens with zero attached hydrogens (tertiary/aromatic N) is 1.